The summed E-state index contributed by atoms with van der Waals surface area (Å²) in [6.07, 6.45) is 2.94. The lowest BCUT2D eigenvalue weighted by Gasteiger charge is -2.02. The Balaban J connectivity index is 2.49. The summed E-state index contributed by atoms with van der Waals surface area (Å²) in [5.41, 5.74) is -0.959. The lowest BCUT2D eigenvalue weighted by Crippen LogP contribution is -2.19. The second-order valence-corrected chi connectivity index (χ2v) is 4.33. The number of benzene rings is 1. The van der Waals surface area contributed by atoms with Crippen LogP contribution in [0.2, 0.25) is 0 Å². The van der Waals surface area contributed by atoms with E-state index in [2.05, 4.69) is 15.3 Å². The van der Waals surface area contributed by atoms with Crippen LogP contribution in [0.4, 0.5) is 11.6 Å². The van der Waals surface area contributed by atoms with E-state index in [4.69, 9.17) is 0 Å². The van der Waals surface area contributed by atoms with Crippen LogP contribution in [0.25, 0.3) is 12.2 Å². The molecule has 8 nitrogen and oxygen atoms in total. The van der Waals surface area contributed by atoms with Crippen molar-refractivity contribution in [1.29, 1.82) is 0 Å². The third-order valence-corrected chi connectivity index (χ3v) is 2.63. The molecule has 8 heteroatoms. The Hall–Kier alpha value is -3.29. The number of H-pyrrole nitrogens is 1. The van der Waals surface area contributed by atoms with Crippen LogP contribution in [0, 0.1) is 10.1 Å². The van der Waals surface area contributed by atoms with E-state index in [1.54, 1.807) is 18.2 Å². The Labute approximate surface area is 124 Å². The number of nitrogens with zero attached hydrogens (tertiary/aromatic N) is 2. The monoisotopic (exact) mass is 300 g/mol. The maximum Gasteiger partial charge on any atom is 0.359 e. The number of hydrogen-bond acceptors (Lipinski definition) is 5. The van der Waals surface area contributed by atoms with Gasteiger partial charge in [0.05, 0.1) is 4.92 Å². The first-order valence-electron chi connectivity index (χ1n) is 6.27. The molecule has 0 atom stereocenters. The SMILES string of the molecule is CC(=O)Nc1nc(C=Cc2ccccc2)c([N+](=O)[O-])c(=O)[nH]1. The lowest BCUT2D eigenvalue weighted by atomic mass is 10.2. The van der Waals surface area contributed by atoms with Gasteiger partial charge in [-0.2, -0.15) is 0 Å². The van der Waals surface area contributed by atoms with Crippen molar-refractivity contribution in [2.45, 2.75) is 6.92 Å². The van der Waals surface area contributed by atoms with Crippen molar-refractivity contribution in [3.8, 4) is 0 Å². The van der Waals surface area contributed by atoms with Crippen molar-refractivity contribution in [1.82, 2.24) is 9.97 Å². The van der Waals surface area contributed by atoms with Gasteiger partial charge in [0, 0.05) is 6.92 Å². The second-order valence-electron chi connectivity index (χ2n) is 4.33. The smallest absolute Gasteiger partial charge is 0.296 e. The van der Waals surface area contributed by atoms with E-state index in [1.807, 2.05) is 18.2 Å². The summed E-state index contributed by atoms with van der Waals surface area (Å²) in [4.78, 5) is 39.0. The molecule has 112 valence electrons. The van der Waals surface area contributed by atoms with Gasteiger partial charge < -0.3 is 0 Å². The van der Waals surface area contributed by atoms with E-state index in [-0.39, 0.29) is 11.6 Å². The van der Waals surface area contributed by atoms with Crippen LogP contribution in [0.3, 0.4) is 0 Å². The fraction of sp³-hybridized carbons (Fsp3) is 0.0714. The third kappa shape index (κ3) is 3.63. The molecule has 0 saturated heterocycles. The number of carbonyl (C=O) groups is 1. The van der Waals surface area contributed by atoms with E-state index in [1.165, 1.54) is 13.0 Å². The number of aromatic amines is 1. The number of rotatable bonds is 4. The van der Waals surface area contributed by atoms with Crippen molar-refractivity contribution >= 4 is 29.7 Å². The molecule has 0 spiro atoms. The highest BCUT2D eigenvalue weighted by Crippen LogP contribution is 2.15. The molecule has 1 aromatic heterocycles. The summed E-state index contributed by atoms with van der Waals surface area (Å²) in [5, 5.41) is 13.3. The highest BCUT2D eigenvalue weighted by Gasteiger charge is 2.20. The number of hydrogen-bond donors (Lipinski definition) is 2. The van der Waals surface area contributed by atoms with Crippen molar-refractivity contribution in [2.24, 2.45) is 0 Å². The second kappa shape index (κ2) is 6.44. The first kappa shape index (κ1) is 15.1. The number of carbonyl (C=O) groups excluding carboxylic acids is 1. The summed E-state index contributed by atoms with van der Waals surface area (Å²) < 4.78 is 0. The fourth-order valence-corrected chi connectivity index (χ4v) is 1.74. The molecule has 22 heavy (non-hydrogen) atoms. The minimum Gasteiger partial charge on any atom is -0.296 e. The van der Waals surface area contributed by atoms with Crippen LogP contribution in [0.15, 0.2) is 35.1 Å². The Morgan fingerprint density at radius 2 is 2.00 bits per heavy atom. The summed E-state index contributed by atoms with van der Waals surface area (Å²) >= 11 is 0. The molecule has 0 unspecified atom stereocenters. The first-order valence-corrected chi connectivity index (χ1v) is 6.27. The minimum absolute atomic E-state index is 0.138. The highest BCUT2D eigenvalue weighted by molar-refractivity contribution is 5.87. The van der Waals surface area contributed by atoms with Gasteiger partial charge in [0.15, 0.2) is 5.69 Å². The molecule has 0 bridgehead atoms. The number of amides is 1. The maximum absolute atomic E-state index is 11.8. The van der Waals surface area contributed by atoms with Crippen LogP contribution in [-0.4, -0.2) is 20.8 Å². The molecule has 2 N–H and O–H groups in total. The Morgan fingerprint density at radius 3 is 2.59 bits per heavy atom. The number of aromatic nitrogens is 2. The predicted molar refractivity (Wildman–Crippen MR) is 81.2 cm³/mol. The minimum atomic E-state index is -0.934. The molecule has 1 heterocycles. The molecule has 0 saturated carbocycles. The number of nitro groups is 1. The molecule has 0 aliphatic carbocycles. The molecule has 0 fully saturated rings. The van der Waals surface area contributed by atoms with Crippen molar-refractivity contribution in [3.63, 3.8) is 0 Å². The van der Waals surface area contributed by atoms with E-state index >= 15 is 0 Å². The first-order chi connectivity index (χ1) is 10.5. The van der Waals surface area contributed by atoms with E-state index in [9.17, 15) is 19.7 Å². The Morgan fingerprint density at radius 1 is 1.32 bits per heavy atom. The van der Waals surface area contributed by atoms with Crippen molar-refractivity contribution < 1.29 is 9.72 Å². The number of nitrogens with one attached hydrogen (secondary N) is 2. The zero-order valence-corrected chi connectivity index (χ0v) is 11.6. The molecule has 0 aliphatic heterocycles. The van der Waals surface area contributed by atoms with Gasteiger partial charge in [-0.1, -0.05) is 36.4 Å². The van der Waals surface area contributed by atoms with Gasteiger partial charge in [0.2, 0.25) is 11.9 Å². The summed E-state index contributed by atoms with van der Waals surface area (Å²) in [5.74, 6) is -0.592. The maximum atomic E-state index is 11.8. The molecule has 1 aromatic carbocycles. The lowest BCUT2D eigenvalue weighted by molar-refractivity contribution is -0.386. The van der Waals surface area contributed by atoms with E-state index in [0.29, 0.717) is 0 Å². The molecule has 2 aromatic rings. The van der Waals surface area contributed by atoms with Crippen molar-refractivity contribution in [2.75, 3.05) is 5.32 Å². The van der Waals surface area contributed by atoms with Crippen LogP contribution >= 0.6 is 0 Å². The zero-order chi connectivity index (χ0) is 16.1. The van der Waals surface area contributed by atoms with Gasteiger partial charge in [-0.25, -0.2) is 4.98 Å². The van der Waals surface area contributed by atoms with Gasteiger partial charge in [0.25, 0.3) is 0 Å². The summed E-state index contributed by atoms with van der Waals surface area (Å²) in [6, 6.07) is 9.04. The van der Waals surface area contributed by atoms with Crippen LogP contribution < -0.4 is 10.9 Å². The average molecular weight is 300 g/mol. The normalized spacial score (nSPS) is 10.6. The molecule has 0 aliphatic rings. The highest BCUT2D eigenvalue weighted by atomic mass is 16.6. The van der Waals surface area contributed by atoms with Gasteiger partial charge in [-0.05, 0) is 11.6 Å². The summed E-state index contributed by atoms with van der Waals surface area (Å²) in [7, 11) is 0. The van der Waals surface area contributed by atoms with E-state index < -0.39 is 22.1 Å². The van der Waals surface area contributed by atoms with Crippen LogP contribution in [-0.2, 0) is 4.79 Å². The molecule has 2 rings (SSSR count). The average Bonchev–Trinajstić information content (AvgIpc) is 2.44. The zero-order valence-electron chi connectivity index (χ0n) is 11.6. The quantitative estimate of drug-likeness (QED) is 0.659. The third-order valence-electron chi connectivity index (χ3n) is 2.63. The largest absolute Gasteiger partial charge is 0.359 e. The molecule has 1 amide bonds. The number of anilines is 1. The summed E-state index contributed by atoms with van der Waals surface area (Å²) in [6.45, 7) is 1.24. The Kier molecular flexibility index (Phi) is 4.42. The molecular weight excluding hydrogens is 288 g/mol. The van der Waals surface area contributed by atoms with Crippen LogP contribution in [0.1, 0.15) is 18.2 Å². The van der Waals surface area contributed by atoms with Gasteiger partial charge >= 0.3 is 11.2 Å². The van der Waals surface area contributed by atoms with Gasteiger partial charge in [-0.15, -0.1) is 0 Å². The standard InChI is InChI=1S/C14H12N4O4/c1-9(19)15-14-16-11(12(18(21)22)13(20)17-14)8-7-10-5-3-2-4-6-10/h2-8H,1H3,(H2,15,16,17,19,20). The predicted octanol–water partition coefficient (Wildman–Crippen LogP) is 1.81. The van der Waals surface area contributed by atoms with Crippen LogP contribution in [0.5, 0.6) is 0 Å². The van der Waals surface area contributed by atoms with E-state index in [0.717, 1.165) is 5.56 Å². The fourth-order valence-electron chi connectivity index (χ4n) is 1.74. The topological polar surface area (TPSA) is 118 Å². The van der Waals surface area contributed by atoms with Gasteiger partial charge in [0.1, 0.15) is 0 Å². The van der Waals surface area contributed by atoms with Crippen molar-refractivity contribution in [3.05, 3.63) is 62.1 Å². The molecule has 0 radical (unpaired) electrons. The van der Waals surface area contributed by atoms with Gasteiger partial charge in [-0.3, -0.25) is 30.0 Å². The molecular formula is C14H12N4O4. The Bertz CT molecular complexity index is 796.